The van der Waals surface area contributed by atoms with E-state index in [9.17, 15) is 4.79 Å². The Balaban J connectivity index is 2.05. The Labute approximate surface area is 133 Å². The zero-order valence-electron chi connectivity index (χ0n) is 14.1. The van der Waals surface area contributed by atoms with Gasteiger partial charge in [0.05, 0.1) is 6.04 Å². The summed E-state index contributed by atoms with van der Waals surface area (Å²) in [7, 11) is 0. The van der Waals surface area contributed by atoms with Gasteiger partial charge in [-0.2, -0.15) is 0 Å². The molecular weight excluding hydrogens is 276 g/mol. The van der Waals surface area contributed by atoms with Crippen molar-refractivity contribution < 1.29 is 9.53 Å². The fraction of sp³-hybridized carbons (Fsp3) is 0.611. The molecule has 0 aliphatic carbocycles. The van der Waals surface area contributed by atoms with Crippen LogP contribution in [0.3, 0.4) is 0 Å². The molecule has 22 heavy (non-hydrogen) atoms. The number of likely N-dealkylation sites (tertiary alicyclic amines) is 1. The molecule has 0 saturated carbocycles. The normalized spacial score (nSPS) is 19.8. The lowest BCUT2D eigenvalue weighted by Crippen LogP contribution is -2.47. The lowest BCUT2D eigenvalue weighted by atomic mass is 10.0. The average molecular weight is 304 g/mol. The van der Waals surface area contributed by atoms with Gasteiger partial charge in [0.1, 0.15) is 5.60 Å². The van der Waals surface area contributed by atoms with Crippen molar-refractivity contribution >= 4 is 11.8 Å². The molecule has 1 saturated heterocycles. The number of rotatable bonds is 4. The minimum absolute atomic E-state index is 0.191. The van der Waals surface area contributed by atoms with Crippen molar-refractivity contribution in [2.75, 3.05) is 11.9 Å². The van der Waals surface area contributed by atoms with Crippen molar-refractivity contribution in [2.24, 2.45) is 0 Å². The van der Waals surface area contributed by atoms with E-state index in [0.717, 1.165) is 31.5 Å². The predicted molar refractivity (Wildman–Crippen MR) is 90.1 cm³/mol. The minimum atomic E-state index is -0.446. The maximum absolute atomic E-state index is 12.4. The topological polar surface area (TPSA) is 41.6 Å². The van der Waals surface area contributed by atoms with Crippen LogP contribution >= 0.6 is 0 Å². The summed E-state index contributed by atoms with van der Waals surface area (Å²) in [5.41, 5.74) is 0.657. The number of carbonyl (C=O) groups excluding carboxylic acids is 1. The molecule has 0 bridgehead atoms. The monoisotopic (exact) mass is 304 g/mol. The quantitative estimate of drug-likeness (QED) is 0.903. The Hall–Kier alpha value is -1.71. The summed E-state index contributed by atoms with van der Waals surface area (Å²) in [6, 6.07) is 10.6. The molecule has 4 heteroatoms. The minimum Gasteiger partial charge on any atom is -0.444 e. The van der Waals surface area contributed by atoms with Gasteiger partial charge in [0.15, 0.2) is 0 Å². The number of anilines is 1. The van der Waals surface area contributed by atoms with Crippen LogP contribution in [0.1, 0.15) is 47.0 Å². The number of hydrogen-bond acceptors (Lipinski definition) is 3. The first-order valence-corrected chi connectivity index (χ1v) is 8.22. The fourth-order valence-corrected chi connectivity index (χ4v) is 2.98. The highest BCUT2D eigenvalue weighted by atomic mass is 16.6. The molecule has 1 amide bonds. The van der Waals surface area contributed by atoms with E-state index in [1.807, 2.05) is 43.9 Å². The molecule has 2 rings (SSSR count). The number of nitrogens with zero attached hydrogens (tertiary/aromatic N) is 1. The van der Waals surface area contributed by atoms with E-state index >= 15 is 0 Å². The van der Waals surface area contributed by atoms with Crippen LogP contribution in [0, 0.1) is 0 Å². The van der Waals surface area contributed by atoms with Crippen molar-refractivity contribution in [2.45, 2.75) is 64.6 Å². The van der Waals surface area contributed by atoms with E-state index < -0.39 is 5.60 Å². The lowest BCUT2D eigenvalue weighted by Gasteiger charge is -2.33. The van der Waals surface area contributed by atoms with Crippen molar-refractivity contribution in [3.05, 3.63) is 30.3 Å². The zero-order chi connectivity index (χ0) is 16.2. The van der Waals surface area contributed by atoms with Gasteiger partial charge >= 0.3 is 6.09 Å². The molecule has 122 valence electrons. The smallest absolute Gasteiger partial charge is 0.410 e. The second-order valence-electron chi connectivity index (χ2n) is 6.91. The van der Waals surface area contributed by atoms with E-state index in [1.54, 1.807) is 0 Å². The predicted octanol–water partition coefficient (Wildman–Crippen LogP) is 4.28. The van der Waals surface area contributed by atoms with Crippen LogP contribution in [0.2, 0.25) is 0 Å². The van der Waals surface area contributed by atoms with Gasteiger partial charge in [0.25, 0.3) is 0 Å². The Bertz CT molecular complexity index is 482. The van der Waals surface area contributed by atoms with Gasteiger partial charge in [-0.1, -0.05) is 25.1 Å². The van der Waals surface area contributed by atoms with Crippen molar-refractivity contribution in [3.63, 3.8) is 0 Å². The molecular formula is C18H28N2O2. The zero-order valence-corrected chi connectivity index (χ0v) is 14.1. The van der Waals surface area contributed by atoms with Gasteiger partial charge in [-0.3, -0.25) is 0 Å². The molecule has 0 spiro atoms. The number of benzene rings is 1. The Morgan fingerprint density at radius 1 is 1.36 bits per heavy atom. The lowest BCUT2D eigenvalue weighted by molar-refractivity contribution is 0.0211. The molecule has 1 aromatic rings. The number of para-hydroxylation sites is 1. The molecule has 0 aromatic heterocycles. The van der Waals surface area contributed by atoms with Crippen LogP contribution in [-0.4, -0.2) is 35.2 Å². The summed E-state index contributed by atoms with van der Waals surface area (Å²) in [6.45, 7) is 8.68. The second-order valence-corrected chi connectivity index (χ2v) is 6.91. The number of nitrogens with one attached hydrogen (secondary N) is 1. The largest absolute Gasteiger partial charge is 0.444 e. The average Bonchev–Trinajstić information content (AvgIpc) is 2.93. The van der Waals surface area contributed by atoms with Gasteiger partial charge in [0.2, 0.25) is 0 Å². The number of ether oxygens (including phenoxy) is 1. The summed E-state index contributed by atoms with van der Waals surface area (Å²) in [6.07, 6.45) is 2.84. The molecule has 1 aromatic carbocycles. The first kappa shape index (κ1) is 16.7. The summed E-state index contributed by atoms with van der Waals surface area (Å²) in [4.78, 5) is 14.3. The Morgan fingerprint density at radius 3 is 2.64 bits per heavy atom. The van der Waals surface area contributed by atoms with Crippen LogP contribution in [0.4, 0.5) is 10.5 Å². The first-order chi connectivity index (χ1) is 10.4. The first-order valence-electron chi connectivity index (χ1n) is 8.22. The fourth-order valence-electron chi connectivity index (χ4n) is 2.98. The van der Waals surface area contributed by atoms with Crippen LogP contribution in [-0.2, 0) is 4.74 Å². The van der Waals surface area contributed by atoms with E-state index in [0.29, 0.717) is 0 Å². The SMILES string of the molecule is CCC(Nc1ccccc1)C1CCCN1C(=O)OC(C)(C)C. The van der Waals surface area contributed by atoms with Crippen LogP contribution < -0.4 is 5.32 Å². The van der Waals surface area contributed by atoms with Crippen LogP contribution in [0.25, 0.3) is 0 Å². The highest BCUT2D eigenvalue weighted by Gasteiger charge is 2.36. The third-order valence-corrected chi connectivity index (χ3v) is 3.96. The van der Waals surface area contributed by atoms with Crippen molar-refractivity contribution in [1.82, 2.24) is 4.90 Å². The van der Waals surface area contributed by atoms with Crippen molar-refractivity contribution in [3.8, 4) is 0 Å². The number of hydrogen-bond donors (Lipinski definition) is 1. The summed E-state index contributed by atoms with van der Waals surface area (Å²) in [5.74, 6) is 0. The van der Waals surface area contributed by atoms with E-state index in [2.05, 4.69) is 24.4 Å². The third-order valence-electron chi connectivity index (χ3n) is 3.96. The van der Waals surface area contributed by atoms with Gasteiger partial charge in [-0.05, 0) is 52.2 Å². The molecule has 1 fully saturated rings. The van der Waals surface area contributed by atoms with Crippen LogP contribution in [0.15, 0.2) is 30.3 Å². The second kappa shape index (κ2) is 7.03. The molecule has 1 heterocycles. The van der Waals surface area contributed by atoms with Crippen molar-refractivity contribution in [1.29, 1.82) is 0 Å². The maximum Gasteiger partial charge on any atom is 0.410 e. The summed E-state index contributed by atoms with van der Waals surface area (Å²) >= 11 is 0. The third kappa shape index (κ3) is 4.39. The Kier molecular flexibility index (Phi) is 5.33. The molecule has 1 N–H and O–H groups in total. The highest BCUT2D eigenvalue weighted by molar-refractivity contribution is 5.69. The number of amides is 1. The number of carbonyl (C=O) groups is 1. The van der Waals surface area contributed by atoms with E-state index in [1.165, 1.54) is 0 Å². The molecule has 2 atom stereocenters. The highest BCUT2D eigenvalue weighted by Crippen LogP contribution is 2.26. The summed E-state index contributed by atoms with van der Waals surface area (Å²) < 4.78 is 5.56. The standard InChI is InChI=1S/C18H28N2O2/c1-5-15(19-14-10-7-6-8-11-14)16-12-9-13-20(16)17(21)22-18(2,3)4/h6-8,10-11,15-16,19H,5,9,12-13H2,1-4H3. The molecule has 1 aliphatic heterocycles. The van der Waals surface area contributed by atoms with E-state index in [-0.39, 0.29) is 18.2 Å². The van der Waals surface area contributed by atoms with Gasteiger partial charge in [-0.25, -0.2) is 4.79 Å². The van der Waals surface area contributed by atoms with Gasteiger partial charge in [0, 0.05) is 18.3 Å². The van der Waals surface area contributed by atoms with Gasteiger partial charge < -0.3 is 15.0 Å². The van der Waals surface area contributed by atoms with Gasteiger partial charge in [-0.15, -0.1) is 0 Å². The maximum atomic E-state index is 12.4. The molecule has 1 aliphatic rings. The Morgan fingerprint density at radius 2 is 2.05 bits per heavy atom. The summed E-state index contributed by atoms with van der Waals surface area (Å²) in [5, 5.41) is 3.57. The van der Waals surface area contributed by atoms with E-state index in [4.69, 9.17) is 4.74 Å². The van der Waals surface area contributed by atoms with Crippen LogP contribution in [0.5, 0.6) is 0 Å². The molecule has 4 nitrogen and oxygen atoms in total. The molecule has 2 unspecified atom stereocenters. The molecule has 0 radical (unpaired) electrons.